The number of nitrogens with zero attached hydrogens (tertiary/aromatic N) is 5. The Morgan fingerprint density at radius 1 is 1.14 bits per heavy atom. The van der Waals surface area contributed by atoms with Crippen molar-refractivity contribution in [1.82, 2.24) is 40.6 Å². The van der Waals surface area contributed by atoms with E-state index in [-0.39, 0.29) is 59.1 Å². The number of β-lactam (4-membered cyclic amide) rings is 1. The maximum atomic E-state index is 13.3. The highest BCUT2D eigenvalue weighted by Crippen LogP contribution is 2.41. The highest BCUT2D eigenvalue weighted by atomic mass is 32.2. The van der Waals surface area contributed by atoms with Crippen molar-refractivity contribution in [3.8, 4) is 0 Å². The van der Waals surface area contributed by atoms with Crippen molar-refractivity contribution in [2.24, 2.45) is 18.1 Å². The number of oxime groups is 1. The zero-order chi connectivity index (χ0) is 37.6. The summed E-state index contributed by atoms with van der Waals surface area (Å²) in [5.41, 5.74) is -1.99. The number of thiazole rings is 1. The topological polar surface area (TPSA) is 284 Å². The molecular weight excluding hydrogens is 735 g/mol. The number of thioether (sulfide) groups is 2. The van der Waals surface area contributed by atoms with Gasteiger partial charge in [-0.05, 0) is 11.5 Å². The van der Waals surface area contributed by atoms with Crippen molar-refractivity contribution in [2.75, 3.05) is 18.6 Å². The Kier molecular flexibility index (Phi) is 12.8. The molecule has 0 bridgehead atoms. The van der Waals surface area contributed by atoms with Crippen molar-refractivity contribution in [2.45, 2.75) is 55.8 Å². The van der Waals surface area contributed by atoms with Crippen molar-refractivity contribution < 1.29 is 43.8 Å². The number of carboxylic acid groups (broad SMARTS) is 2. The van der Waals surface area contributed by atoms with Crippen LogP contribution in [0, 0.1) is 5.92 Å². The number of carbonyl (C=O) groups excluding carboxylic acids is 4. The summed E-state index contributed by atoms with van der Waals surface area (Å²) in [5, 5.41) is 34.0. The fraction of sp³-hybridized carbons (Fsp3) is 0.464. The van der Waals surface area contributed by atoms with Gasteiger partial charge in [-0.15, -0.1) is 23.1 Å². The number of aromatic amines is 1. The summed E-state index contributed by atoms with van der Waals surface area (Å²) in [4.78, 5) is 112. The van der Waals surface area contributed by atoms with Crippen molar-refractivity contribution in [1.29, 1.82) is 0 Å². The van der Waals surface area contributed by atoms with Crippen molar-refractivity contribution in [3.63, 3.8) is 0 Å². The number of H-pyrrole nitrogens is 1. The molecule has 2 aromatic rings. The smallest absolute Gasteiger partial charge is 0.352 e. The van der Waals surface area contributed by atoms with E-state index in [1.54, 1.807) is 13.8 Å². The molecule has 2 aliphatic heterocycles. The van der Waals surface area contributed by atoms with Crippen molar-refractivity contribution in [3.05, 3.63) is 48.1 Å². The van der Waals surface area contributed by atoms with Gasteiger partial charge in [0, 0.05) is 36.8 Å². The molecule has 1 fully saturated rings. The van der Waals surface area contributed by atoms with E-state index in [2.05, 4.69) is 36.2 Å². The maximum Gasteiger partial charge on any atom is 0.352 e. The Hall–Kier alpha value is -5.03. The minimum absolute atomic E-state index is 0.0482. The molecule has 23 heteroatoms. The minimum Gasteiger partial charge on any atom is -0.480 e. The molecule has 274 valence electrons. The van der Waals surface area contributed by atoms with Gasteiger partial charge in [-0.25, -0.2) is 14.6 Å². The second-order valence-electron chi connectivity index (χ2n) is 11.3. The Morgan fingerprint density at radius 2 is 1.84 bits per heavy atom. The lowest BCUT2D eigenvalue weighted by Gasteiger charge is -2.49. The summed E-state index contributed by atoms with van der Waals surface area (Å²) in [6, 6.07) is -2.18. The van der Waals surface area contributed by atoms with Crippen LogP contribution < -0.4 is 27.1 Å². The lowest BCUT2D eigenvalue weighted by atomic mass is 10.0. The second-order valence-corrected chi connectivity index (χ2v) is 14.2. The van der Waals surface area contributed by atoms with Gasteiger partial charge < -0.3 is 31.0 Å². The average Bonchev–Trinajstić information content (AvgIpc) is 3.55. The third kappa shape index (κ3) is 9.21. The van der Waals surface area contributed by atoms with Gasteiger partial charge in [0.15, 0.2) is 10.9 Å². The first-order valence-corrected chi connectivity index (χ1v) is 17.9. The van der Waals surface area contributed by atoms with Crippen molar-refractivity contribution >= 4 is 76.1 Å². The van der Waals surface area contributed by atoms with Crippen LogP contribution in [0.4, 0.5) is 0 Å². The van der Waals surface area contributed by atoms with Gasteiger partial charge in [-0.1, -0.05) is 30.8 Å². The number of nitrogens with one attached hydrogen (secondary N) is 4. The van der Waals surface area contributed by atoms with Gasteiger partial charge in [0.1, 0.15) is 41.0 Å². The summed E-state index contributed by atoms with van der Waals surface area (Å²) in [6.45, 7) is 3.24. The number of hydrogen-bond acceptors (Lipinski definition) is 15. The van der Waals surface area contributed by atoms with Gasteiger partial charge in [0.05, 0.1) is 6.54 Å². The Labute approximate surface area is 300 Å². The number of carboxylic acids is 2. The first-order valence-electron chi connectivity index (χ1n) is 15.0. The van der Waals surface area contributed by atoms with Crippen LogP contribution in [0.25, 0.3) is 0 Å². The van der Waals surface area contributed by atoms with Crippen LogP contribution in [0.1, 0.15) is 37.4 Å². The predicted molar refractivity (Wildman–Crippen MR) is 182 cm³/mol. The number of rotatable bonds is 16. The molecule has 4 heterocycles. The maximum absolute atomic E-state index is 13.3. The van der Waals surface area contributed by atoms with E-state index in [0.717, 1.165) is 28.0 Å². The largest absolute Gasteiger partial charge is 0.480 e. The van der Waals surface area contributed by atoms with Crippen LogP contribution in [0.15, 0.2) is 36.6 Å². The standard InChI is InChI=1S/C28H33N9O11S3/c1-11(2)17(26(44)45)31-15(39)6-5-14(38)29-7-16-30-13(10-49-16)18(35-48-4)21(40)32-19-24(43)37-20(27(46)47)12(8-50-25(19)37)9-51-28-33-22(41)23(42)34-36(28)3/h10-11,17,19,25H,5-9H2,1-4H3,(H,29,38)(H,31,39)(H,32,40)(H,34,42)(H,44,45)(H,46,47). The predicted octanol–water partition coefficient (Wildman–Crippen LogP) is -1.57. The number of amides is 4. The molecule has 0 aromatic carbocycles. The zero-order valence-corrected chi connectivity index (χ0v) is 29.9. The highest BCUT2D eigenvalue weighted by Gasteiger charge is 2.54. The van der Waals surface area contributed by atoms with Crippen LogP contribution in [0.2, 0.25) is 0 Å². The fourth-order valence-electron chi connectivity index (χ4n) is 4.79. The van der Waals surface area contributed by atoms with Gasteiger partial charge in [-0.3, -0.25) is 43.4 Å². The molecule has 0 spiro atoms. The van der Waals surface area contributed by atoms with E-state index in [1.165, 1.54) is 36.0 Å². The monoisotopic (exact) mass is 767 g/mol. The molecule has 0 aliphatic carbocycles. The SMILES string of the molecule is CON=C(C(=O)NC1C(=O)N2C(C(=O)O)=C(CSc3nc(=O)c(=O)[nH]n3C)CSC12)c1csc(CNC(=O)CCC(=O)NC(C(=O)O)C(C)C)n1. The molecule has 2 aliphatic rings. The van der Waals surface area contributed by atoms with Gasteiger partial charge in [0.2, 0.25) is 11.8 Å². The third-order valence-electron chi connectivity index (χ3n) is 7.32. The van der Waals surface area contributed by atoms with E-state index in [9.17, 15) is 48.6 Å². The molecule has 4 amide bonds. The Bertz CT molecular complexity index is 1920. The average molecular weight is 768 g/mol. The Balaban J connectivity index is 1.34. The minimum atomic E-state index is -1.36. The quantitative estimate of drug-likeness (QED) is 0.0370. The first-order chi connectivity index (χ1) is 24.1. The first kappa shape index (κ1) is 38.8. The normalized spacial score (nSPS) is 17.7. The molecule has 3 atom stereocenters. The molecule has 0 radical (unpaired) electrons. The molecule has 20 nitrogen and oxygen atoms in total. The van der Waals surface area contributed by atoms with Crippen LogP contribution in [-0.4, -0.2) is 112 Å². The van der Waals surface area contributed by atoms with Crippen LogP contribution in [0.5, 0.6) is 0 Å². The third-order valence-corrected chi connectivity index (χ3v) is 10.6. The summed E-state index contributed by atoms with van der Waals surface area (Å²) in [6.07, 6.45) is -0.432. The number of aliphatic carboxylic acids is 2. The number of fused-ring (bicyclic) bond motifs is 1. The number of carbonyl (C=O) groups is 6. The summed E-state index contributed by atoms with van der Waals surface area (Å²) in [5.74, 6) is -5.23. The zero-order valence-electron chi connectivity index (χ0n) is 27.5. The van der Waals surface area contributed by atoms with Gasteiger partial charge >= 0.3 is 23.1 Å². The number of aromatic nitrogens is 4. The van der Waals surface area contributed by atoms with E-state index in [1.807, 2.05) is 0 Å². The van der Waals surface area contributed by atoms with Gasteiger partial charge in [0.25, 0.3) is 11.8 Å². The summed E-state index contributed by atoms with van der Waals surface area (Å²) in [7, 11) is 2.67. The lowest BCUT2D eigenvalue weighted by Crippen LogP contribution is -2.71. The molecular formula is C28H33N9O11S3. The van der Waals surface area contributed by atoms with Crippen LogP contribution >= 0.6 is 34.9 Å². The molecule has 0 saturated carbocycles. The number of hydrogen-bond donors (Lipinski definition) is 6. The number of aryl methyl sites for hydroxylation is 1. The summed E-state index contributed by atoms with van der Waals surface area (Å²) < 4.78 is 1.23. The summed E-state index contributed by atoms with van der Waals surface area (Å²) >= 11 is 3.31. The van der Waals surface area contributed by atoms with E-state index in [0.29, 0.717) is 10.6 Å². The van der Waals surface area contributed by atoms with Gasteiger partial charge in [-0.2, -0.15) is 4.98 Å². The molecule has 1 saturated heterocycles. The van der Waals surface area contributed by atoms with Crippen LogP contribution in [0.3, 0.4) is 0 Å². The molecule has 2 aromatic heterocycles. The highest BCUT2D eigenvalue weighted by molar-refractivity contribution is 8.01. The fourth-order valence-corrected chi connectivity index (χ4v) is 7.91. The molecule has 51 heavy (non-hydrogen) atoms. The van der Waals surface area contributed by atoms with Crippen LogP contribution in [-0.2, 0) is 47.2 Å². The molecule has 6 N–H and O–H groups in total. The van der Waals surface area contributed by atoms with E-state index in [4.69, 9.17) is 4.84 Å². The van der Waals surface area contributed by atoms with E-state index < -0.39 is 64.1 Å². The van der Waals surface area contributed by atoms with E-state index >= 15 is 0 Å². The lowest BCUT2D eigenvalue weighted by molar-refractivity contribution is -0.150. The molecule has 3 unspecified atom stereocenters. The molecule has 4 rings (SSSR count). The Morgan fingerprint density at radius 3 is 2.49 bits per heavy atom. The second kappa shape index (κ2) is 16.8.